The third kappa shape index (κ3) is 3.75. The second-order valence-electron chi connectivity index (χ2n) is 8.59. The third-order valence-electron chi connectivity index (χ3n) is 5.04. The molecule has 3 aromatic rings. The molecular formula is C22H25N3O3S2. The van der Waals surface area contributed by atoms with Gasteiger partial charge in [0.05, 0.1) is 22.4 Å². The lowest BCUT2D eigenvalue weighted by atomic mass is 9.81. The summed E-state index contributed by atoms with van der Waals surface area (Å²) in [4.78, 5) is 31.4. The number of ether oxygens (including phenoxy) is 1. The normalized spacial score (nSPS) is 16.8. The molecule has 3 heterocycles. The third-order valence-corrected chi connectivity index (χ3v) is 7.55. The van der Waals surface area contributed by atoms with Gasteiger partial charge in [-0.2, -0.15) is 0 Å². The van der Waals surface area contributed by atoms with E-state index in [1.807, 2.05) is 24.3 Å². The Hall–Kier alpha value is -2.29. The van der Waals surface area contributed by atoms with Crippen molar-refractivity contribution in [2.24, 2.45) is 0 Å². The van der Waals surface area contributed by atoms with Crippen molar-refractivity contribution in [1.29, 1.82) is 0 Å². The highest BCUT2D eigenvalue weighted by Gasteiger charge is 2.42. The number of amides is 1. The number of rotatable bonds is 4. The van der Waals surface area contributed by atoms with E-state index in [-0.39, 0.29) is 23.6 Å². The summed E-state index contributed by atoms with van der Waals surface area (Å²) in [6.07, 6.45) is 0.674. The number of hydrogen-bond acceptors (Lipinski definition) is 7. The second-order valence-corrected chi connectivity index (χ2v) is 10.6. The van der Waals surface area contributed by atoms with Gasteiger partial charge in [-0.3, -0.25) is 4.79 Å². The Bertz CT molecular complexity index is 1110. The van der Waals surface area contributed by atoms with E-state index in [0.29, 0.717) is 22.0 Å². The Morgan fingerprint density at radius 2 is 1.93 bits per heavy atom. The minimum Gasteiger partial charge on any atom is -0.462 e. The molecule has 0 spiro atoms. The van der Waals surface area contributed by atoms with Gasteiger partial charge < -0.3 is 15.4 Å². The number of nitrogens with one attached hydrogen (secondary N) is 2. The lowest BCUT2D eigenvalue weighted by molar-refractivity contribution is 0.0526. The molecule has 0 atom stereocenters. The highest BCUT2D eigenvalue weighted by atomic mass is 32.1. The van der Waals surface area contributed by atoms with Crippen molar-refractivity contribution in [1.82, 2.24) is 10.3 Å². The first kappa shape index (κ1) is 21.0. The zero-order valence-electron chi connectivity index (χ0n) is 17.7. The van der Waals surface area contributed by atoms with Crippen LogP contribution in [0.15, 0.2) is 24.3 Å². The Kier molecular flexibility index (Phi) is 5.20. The molecule has 1 aliphatic heterocycles. The highest BCUT2D eigenvalue weighted by molar-refractivity contribution is 7.20. The van der Waals surface area contributed by atoms with E-state index in [1.165, 1.54) is 22.7 Å². The van der Waals surface area contributed by atoms with Crippen LogP contribution in [0.1, 0.15) is 65.2 Å². The fraction of sp³-hybridized carbons (Fsp3) is 0.409. The number of aromatic nitrogens is 1. The first-order valence-corrected chi connectivity index (χ1v) is 11.5. The number of nitrogens with zero attached hydrogens (tertiary/aromatic N) is 1. The Labute approximate surface area is 183 Å². The quantitative estimate of drug-likeness (QED) is 0.558. The summed E-state index contributed by atoms with van der Waals surface area (Å²) < 4.78 is 6.30. The molecule has 30 heavy (non-hydrogen) atoms. The van der Waals surface area contributed by atoms with Crippen molar-refractivity contribution in [2.45, 2.75) is 52.1 Å². The average Bonchev–Trinajstić information content (AvgIpc) is 3.22. The number of para-hydroxylation sites is 1. The lowest BCUT2D eigenvalue weighted by Gasteiger charge is -2.42. The van der Waals surface area contributed by atoms with E-state index in [2.05, 4.69) is 43.3 Å². The zero-order valence-corrected chi connectivity index (χ0v) is 19.3. The number of anilines is 1. The van der Waals surface area contributed by atoms with Crippen molar-refractivity contribution in [3.63, 3.8) is 0 Å². The molecule has 8 heteroatoms. The molecule has 4 rings (SSSR count). The number of carbonyl (C=O) groups is 2. The molecule has 0 unspecified atom stereocenters. The van der Waals surface area contributed by atoms with E-state index in [1.54, 1.807) is 6.92 Å². The summed E-state index contributed by atoms with van der Waals surface area (Å²) in [5.41, 5.74) is 1.69. The van der Waals surface area contributed by atoms with Gasteiger partial charge in [0, 0.05) is 16.0 Å². The molecule has 6 nitrogen and oxygen atoms in total. The van der Waals surface area contributed by atoms with E-state index in [4.69, 9.17) is 4.74 Å². The molecule has 0 bridgehead atoms. The SMILES string of the molecule is CCOC(=O)c1c(NC(=O)c2nc3ccccc3s2)sc2c1CC(C)(C)NC2(C)C. The summed E-state index contributed by atoms with van der Waals surface area (Å²) in [7, 11) is 0. The predicted molar refractivity (Wildman–Crippen MR) is 122 cm³/mol. The molecule has 0 saturated heterocycles. The van der Waals surface area contributed by atoms with Crippen LogP contribution in [0.4, 0.5) is 5.00 Å². The number of thiazole rings is 1. The molecule has 1 aliphatic rings. The second kappa shape index (κ2) is 7.44. The van der Waals surface area contributed by atoms with Crippen molar-refractivity contribution >= 4 is 49.8 Å². The molecule has 1 aromatic carbocycles. The molecule has 1 amide bonds. The van der Waals surface area contributed by atoms with E-state index in [9.17, 15) is 9.59 Å². The van der Waals surface area contributed by atoms with Gasteiger partial charge in [-0.25, -0.2) is 9.78 Å². The number of hydrogen-bond donors (Lipinski definition) is 2. The van der Waals surface area contributed by atoms with Crippen LogP contribution in [0.3, 0.4) is 0 Å². The Morgan fingerprint density at radius 3 is 2.63 bits per heavy atom. The number of benzene rings is 1. The monoisotopic (exact) mass is 443 g/mol. The molecule has 0 radical (unpaired) electrons. The number of esters is 1. The minimum atomic E-state index is -0.400. The van der Waals surface area contributed by atoms with Crippen molar-refractivity contribution in [3.8, 4) is 0 Å². The maximum atomic E-state index is 13.0. The van der Waals surface area contributed by atoms with Gasteiger partial charge in [0.25, 0.3) is 5.91 Å². The number of thiophene rings is 1. The molecule has 0 fully saturated rings. The van der Waals surface area contributed by atoms with E-state index >= 15 is 0 Å². The average molecular weight is 444 g/mol. The topological polar surface area (TPSA) is 80.3 Å². The van der Waals surface area contributed by atoms with Gasteiger partial charge in [-0.05, 0) is 58.7 Å². The van der Waals surface area contributed by atoms with Crippen LogP contribution in [0.2, 0.25) is 0 Å². The van der Waals surface area contributed by atoms with Gasteiger partial charge in [0.2, 0.25) is 0 Å². The van der Waals surface area contributed by atoms with Crippen molar-refractivity contribution in [2.75, 3.05) is 11.9 Å². The zero-order chi connectivity index (χ0) is 21.7. The first-order valence-electron chi connectivity index (χ1n) is 9.91. The molecule has 0 saturated carbocycles. The number of fused-ring (bicyclic) bond motifs is 2. The van der Waals surface area contributed by atoms with Gasteiger partial charge in [0.15, 0.2) is 5.01 Å². The first-order chi connectivity index (χ1) is 14.1. The molecule has 2 aromatic heterocycles. The maximum absolute atomic E-state index is 13.0. The minimum absolute atomic E-state index is 0.187. The van der Waals surface area contributed by atoms with Crippen LogP contribution >= 0.6 is 22.7 Å². The summed E-state index contributed by atoms with van der Waals surface area (Å²) in [5.74, 6) is -0.714. The van der Waals surface area contributed by atoms with Gasteiger partial charge >= 0.3 is 5.97 Å². The van der Waals surface area contributed by atoms with Gasteiger partial charge in [-0.1, -0.05) is 12.1 Å². The Balaban J connectivity index is 1.76. The van der Waals surface area contributed by atoms with E-state index in [0.717, 1.165) is 20.7 Å². The number of carbonyl (C=O) groups excluding carboxylic acids is 2. The molecule has 2 N–H and O–H groups in total. The molecular weight excluding hydrogens is 418 g/mol. The summed E-state index contributed by atoms with van der Waals surface area (Å²) >= 11 is 2.77. The van der Waals surface area contributed by atoms with Crippen LogP contribution in [-0.4, -0.2) is 29.0 Å². The van der Waals surface area contributed by atoms with Crippen LogP contribution in [-0.2, 0) is 16.7 Å². The van der Waals surface area contributed by atoms with Crippen LogP contribution < -0.4 is 10.6 Å². The largest absolute Gasteiger partial charge is 0.462 e. The summed E-state index contributed by atoms with van der Waals surface area (Å²) in [6, 6.07) is 7.64. The van der Waals surface area contributed by atoms with Crippen molar-refractivity contribution in [3.05, 3.63) is 45.3 Å². The predicted octanol–water partition coefficient (Wildman–Crippen LogP) is 4.95. The van der Waals surface area contributed by atoms with Gasteiger partial charge in [0.1, 0.15) is 5.00 Å². The summed E-state index contributed by atoms with van der Waals surface area (Å²) in [5, 5.41) is 7.48. The lowest BCUT2D eigenvalue weighted by Crippen LogP contribution is -2.55. The van der Waals surface area contributed by atoms with Crippen LogP contribution in [0.25, 0.3) is 10.2 Å². The van der Waals surface area contributed by atoms with Crippen molar-refractivity contribution < 1.29 is 14.3 Å². The molecule has 0 aliphatic carbocycles. The fourth-order valence-electron chi connectivity index (χ4n) is 4.16. The highest BCUT2D eigenvalue weighted by Crippen LogP contribution is 2.45. The van der Waals surface area contributed by atoms with Gasteiger partial charge in [-0.15, -0.1) is 22.7 Å². The smallest absolute Gasteiger partial charge is 0.341 e. The van der Waals surface area contributed by atoms with Crippen LogP contribution in [0, 0.1) is 0 Å². The fourth-order valence-corrected chi connectivity index (χ4v) is 6.28. The van der Waals surface area contributed by atoms with E-state index < -0.39 is 5.97 Å². The summed E-state index contributed by atoms with van der Waals surface area (Å²) in [6.45, 7) is 10.5. The Morgan fingerprint density at radius 1 is 1.20 bits per heavy atom. The maximum Gasteiger partial charge on any atom is 0.341 e. The van der Waals surface area contributed by atoms with Crippen LogP contribution in [0.5, 0.6) is 0 Å². The molecule has 158 valence electrons. The standard InChI is InChI=1S/C22H25N3O3S2/c1-6-28-20(27)15-12-11-21(2,3)25-22(4,5)16(12)30-18(15)24-17(26)19-23-13-9-7-8-10-14(13)29-19/h7-10,25H,6,11H2,1-5H3,(H,24,26).